The van der Waals surface area contributed by atoms with E-state index in [4.69, 9.17) is 9.47 Å². The van der Waals surface area contributed by atoms with Crippen LogP contribution in [0.15, 0.2) is 47.6 Å². The van der Waals surface area contributed by atoms with Crippen LogP contribution < -0.4 is 14.9 Å². The normalized spacial score (nSPS) is 13.7. The largest absolute Gasteiger partial charge is 0.486 e. The van der Waals surface area contributed by atoms with E-state index in [1.54, 1.807) is 18.2 Å². The first kappa shape index (κ1) is 16.8. The molecule has 1 heterocycles. The molecule has 25 heavy (non-hydrogen) atoms. The lowest BCUT2D eigenvalue weighted by atomic mass is 10.1. The fraction of sp³-hybridized carbons (Fsp3) is 0.176. The molecule has 8 heteroatoms. The third kappa shape index (κ3) is 4.09. The van der Waals surface area contributed by atoms with Crippen molar-refractivity contribution in [3.8, 4) is 11.5 Å². The molecule has 0 radical (unpaired) electrons. The molecule has 0 unspecified atom stereocenters. The van der Waals surface area contributed by atoms with Gasteiger partial charge in [-0.15, -0.1) is 0 Å². The van der Waals surface area contributed by atoms with Crippen LogP contribution >= 0.6 is 0 Å². The molecule has 0 atom stereocenters. The molecule has 0 bridgehead atoms. The minimum absolute atomic E-state index is 0.130. The Morgan fingerprint density at radius 2 is 1.84 bits per heavy atom. The van der Waals surface area contributed by atoms with Gasteiger partial charge in [-0.1, -0.05) is 6.07 Å². The first-order valence-electron chi connectivity index (χ1n) is 7.34. The topological polar surface area (TPSA) is 59.9 Å². The van der Waals surface area contributed by atoms with E-state index in [1.165, 1.54) is 18.3 Å². The highest BCUT2D eigenvalue weighted by Crippen LogP contribution is 2.30. The number of carbonyl (C=O) groups excluding carboxylic acids is 1. The summed E-state index contributed by atoms with van der Waals surface area (Å²) in [7, 11) is 0. The fourth-order valence-corrected chi connectivity index (χ4v) is 2.21. The predicted octanol–water partition coefficient (Wildman–Crippen LogP) is 3.24. The van der Waals surface area contributed by atoms with Gasteiger partial charge in [0.2, 0.25) is 0 Å². The molecule has 0 saturated carbocycles. The molecule has 130 valence electrons. The number of rotatable bonds is 3. The number of halogens is 3. The monoisotopic (exact) mass is 350 g/mol. The number of hydrogen-bond acceptors (Lipinski definition) is 4. The highest BCUT2D eigenvalue weighted by atomic mass is 19.4. The van der Waals surface area contributed by atoms with Crippen molar-refractivity contribution in [1.82, 2.24) is 5.43 Å². The van der Waals surface area contributed by atoms with Gasteiger partial charge in [-0.3, -0.25) is 4.79 Å². The Balaban J connectivity index is 1.67. The van der Waals surface area contributed by atoms with E-state index in [1.807, 2.05) is 0 Å². The Labute approximate surface area is 141 Å². The first-order chi connectivity index (χ1) is 11.9. The minimum Gasteiger partial charge on any atom is -0.486 e. The zero-order chi connectivity index (χ0) is 17.9. The van der Waals surface area contributed by atoms with Crippen molar-refractivity contribution in [3.05, 3.63) is 59.2 Å². The van der Waals surface area contributed by atoms with Gasteiger partial charge >= 0.3 is 6.18 Å². The van der Waals surface area contributed by atoms with Gasteiger partial charge in [-0.2, -0.15) is 18.3 Å². The summed E-state index contributed by atoms with van der Waals surface area (Å²) in [4.78, 5) is 11.9. The van der Waals surface area contributed by atoms with Crippen LogP contribution in [-0.2, 0) is 6.18 Å². The van der Waals surface area contributed by atoms with E-state index < -0.39 is 17.6 Å². The number of benzene rings is 2. The van der Waals surface area contributed by atoms with Crippen molar-refractivity contribution in [2.24, 2.45) is 5.10 Å². The standard InChI is InChI=1S/C17H13F3N2O3/c18-17(19,20)13-3-1-2-12(9-13)16(23)22-21-10-11-4-5-14-15(8-11)25-7-6-24-14/h1-5,8-10H,6-7H2,(H,22,23). The SMILES string of the molecule is O=C(NN=Cc1ccc2c(c1)OCCO2)c1cccc(C(F)(F)F)c1. The molecule has 3 rings (SSSR count). The van der Waals surface area contributed by atoms with Crippen molar-refractivity contribution >= 4 is 12.1 Å². The summed E-state index contributed by atoms with van der Waals surface area (Å²) in [5, 5.41) is 3.76. The Morgan fingerprint density at radius 3 is 2.60 bits per heavy atom. The third-order valence-electron chi connectivity index (χ3n) is 3.40. The summed E-state index contributed by atoms with van der Waals surface area (Å²) in [6.07, 6.45) is -3.14. The van der Waals surface area contributed by atoms with Crippen LogP contribution in [0, 0.1) is 0 Å². The maximum atomic E-state index is 12.7. The fourth-order valence-electron chi connectivity index (χ4n) is 2.21. The Bertz CT molecular complexity index is 819. The van der Waals surface area contributed by atoms with Crippen molar-refractivity contribution in [3.63, 3.8) is 0 Å². The van der Waals surface area contributed by atoms with Crippen molar-refractivity contribution in [1.29, 1.82) is 0 Å². The number of hydrazone groups is 1. The Hall–Kier alpha value is -3.03. The molecular weight excluding hydrogens is 337 g/mol. The van der Waals surface area contributed by atoms with Crippen LogP contribution in [0.4, 0.5) is 13.2 Å². The van der Waals surface area contributed by atoms with Crippen LogP contribution in [0.25, 0.3) is 0 Å². The molecule has 1 aliphatic rings. The first-order valence-corrected chi connectivity index (χ1v) is 7.34. The summed E-state index contributed by atoms with van der Waals surface area (Å²) in [5.41, 5.74) is 1.82. The molecule has 1 amide bonds. The number of nitrogens with one attached hydrogen (secondary N) is 1. The van der Waals surface area contributed by atoms with Crippen molar-refractivity contribution < 1.29 is 27.4 Å². The lowest BCUT2D eigenvalue weighted by Crippen LogP contribution is -2.18. The Kier molecular flexibility index (Phi) is 4.60. The number of hydrogen-bond donors (Lipinski definition) is 1. The molecule has 1 aliphatic heterocycles. The van der Waals surface area contributed by atoms with Gasteiger partial charge in [-0.25, -0.2) is 5.43 Å². The van der Waals surface area contributed by atoms with Crippen LogP contribution in [0.3, 0.4) is 0 Å². The maximum absolute atomic E-state index is 12.7. The highest BCUT2D eigenvalue weighted by Gasteiger charge is 2.30. The summed E-state index contributed by atoms with van der Waals surface area (Å²) in [6, 6.07) is 9.24. The smallest absolute Gasteiger partial charge is 0.416 e. The number of carbonyl (C=O) groups is 1. The predicted molar refractivity (Wildman–Crippen MR) is 83.9 cm³/mol. The van der Waals surface area contributed by atoms with Gasteiger partial charge in [0.05, 0.1) is 11.8 Å². The molecule has 0 aliphatic carbocycles. The van der Waals surface area contributed by atoms with E-state index in [-0.39, 0.29) is 5.56 Å². The molecule has 0 spiro atoms. The van der Waals surface area contributed by atoms with E-state index in [0.717, 1.165) is 12.1 Å². The number of amides is 1. The lowest BCUT2D eigenvalue weighted by molar-refractivity contribution is -0.137. The van der Waals surface area contributed by atoms with E-state index in [0.29, 0.717) is 30.3 Å². The van der Waals surface area contributed by atoms with Gasteiger partial charge in [-0.05, 0) is 42.0 Å². The quantitative estimate of drug-likeness (QED) is 0.683. The third-order valence-corrected chi connectivity index (χ3v) is 3.40. The number of fused-ring (bicyclic) bond motifs is 1. The number of ether oxygens (including phenoxy) is 2. The average molecular weight is 350 g/mol. The summed E-state index contributed by atoms with van der Waals surface area (Å²) in [6.45, 7) is 0.924. The van der Waals surface area contributed by atoms with Crippen LogP contribution in [0.1, 0.15) is 21.5 Å². The van der Waals surface area contributed by atoms with E-state index in [2.05, 4.69) is 10.5 Å². The van der Waals surface area contributed by atoms with Crippen molar-refractivity contribution in [2.75, 3.05) is 13.2 Å². The van der Waals surface area contributed by atoms with E-state index in [9.17, 15) is 18.0 Å². The maximum Gasteiger partial charge on any atom is 0.416 e. The summed E-state index contributed by atoms with van der Waals surface area (Å²) < 4.78 is 48.8. The van der Waals surface area contributed by atoms with Gasteiger partial charge in [0.1, 0.15) is 13.2 Å². The average Bonchev–Trinajstić information content (AvgIpc) is 2.61. The zero-order valence-corrected chi connectivity index (χ0v) is 12.8. The second-order valence-electron chi connectivity index (χ2n) is 5.18. The summed E-state index contributed by atoms with van der Waals surface area (Å²) in [5.74, 6) is 0.454. The van der Waals surface area contributed by atoms with Gasteiger partial charge < -0.3 is 9.47 Å². The lowest BCUT2D eigenvalue weighted by Gasteiger charge is -2.18. The molecule has 5 nitrogen and oxygen atoms in total. The van der Waals surface area contributed by atoms with Crippen LogP contribution in [0.2, 0.25) is 0 Å². The van der Waals surface area contributed by atoms with Crippen LogP contribution in [0.5, 0.6) is 11.5 Å². The second kappa shape index (κ2) is 6.84. The Morgan fingerprint density at radius 1 is 1.08 bits per heavy atom. The highest BCUT2D eigenvalue weighted by molar-refractivity contribution is 5.95. The zero-order valence-electron chi connectivity index (χ0n) is 12.8. The number of nitrogens with zero attached hydrogens (tertiary/aromatic N) is 1. The van der Waals surface area contributed by atoms with Gasteiger partial charge in [0.25, 0.3) is 5.91 Å². The molecule has 2 aromatic carbocycles. The van der Waals surface area contributed by atoms with Crippen molar-refractivity contribution in [2.45, 2.75) is 6.18 Å². The molecular formula is C17H13F3N2O3. The minimum atomic E-state index is -4.51. The molecule has 0 fully saturated rings. The van der Waals surface area contributed by atoms with Crippen LogP contribution in [-0.4, -0.2) is 25.3 Å². The van der Waals surface area contributed by atoms with E-state index >= 15 is 0 Å². The van der Waals surface area contributed by atoms with Gasteiger partial charge in [0, 0.05) is 5.56 Å². The van der Waals surface area contributed by atoms with Gasteiger partial charge in [0.15, 0.2) is 11.5 Å². The molecule has 1 N–H and O–H groups in total. The second-order valence-corrected chi connectivity index (χ2v) is 5.18. The molecule has 0 aromatic heterocycles. The summed E-state index contributed by atoms with van der Waals surface area (Å²) >= 11 is 0. The molecule has 0 saturated heterocycles. The molecule has 2 aromatic rings. The number of alkyl halides is 3.